The number of aldehydes is 1. The lowest BCUT2D eigenvalue weighted by Crippen LogP contribution is -2.54. The van der Waals surface area contributed by atoms with Gasteiger partial charge in [0.2, 0.25) is 0 Å². The zero-order chi connectivity index (χ0) is 15.5. The molecule has 1 N–H and O–H groups in total. The second kappa shape index (κ2) is 5.06. The third-order valence-corrected chi connectivity index (χ3v) is 8.85. The van der Waals surface area contributed by atoms with Gasteiger partial charge in [0.1, 0.15) is 6.29 Å². The van der Waals surface area contributed by atoms with Crippen LogP contribution in [0, 0.1) is 40.4 Å². The summed E-state index contributed by atoms with van der Waals surface area (Å²) in [6, 6.07) is 0. The summed E-state index contributed by atoms with van der Waals surface area (Å²) in [5.74, 6) is 3.54. The van der Waals surface area contributed by atoms with E-state index in [1.165, 1.54) is 44.8 Å². The lowest BCUT2D eigenvalue weighted by atomic mass is 9.44. The van der Waals surface area contributed by atoms with Crippen molar-refractivity contribution in [3.8, 4) is 0 Å². The molecule has 0 saturated heterocycles. The van der Waals surface area contributed by atoms with Crippen LogP contribution in [0.2, 0.25) is 0 Å². The van der Waals surface area contributed by atoms with E-state index in [1.807, 2.05) is 0 Å². The average Bonchev–Trinajstić information content (AvgIpc) is 2.82. The molecule has 0 aromatic heterocycles. The van der Waals surface area contributed by atoms with E-state index in [4.69, 9.17) is 0 Å². The number of rotatable bonds is 1. The molecule has 4 fully saturated rings. The predicted molar refractivity (Wildman–Crippen MR) is 87.3 cm³/mol. The third kappa shape index (κ3) is 1.92. The van der Waals surface area contributed by atoms with Gasteiger partial charge in [-0.15, -0.1) is 0 Å². The van der Waals surface area contributed by atoms with Gasteiger partial charge in [0, 0.05) is 5.92 Å². The number of hydrogen-bond acceptors (Lipinski definition) is 2. The molecule has 0 aliphatic heterocycles. The van der Waals surface area contributed by atoms with Gasteiger partial charge in [-0.25, -0.2) is 0 Å². The van der Waals surface area contributed by atoms with Crippen molar-refractivity contribution < 1.29 is 9.90 Å². The highest BCUT2D eigenvalue weighted by Gasteiger charge is 2.59. The molecule has 4 aliphatic carbocycles. The molecule has 0 spiro atoms. The molecule has 4 aliphatic rings. The first-order valence-electron chi connectivity index (χ1n) is 9.62. The van der Waals surface area contributed by atoms with Crippen LogP contribution in [0.5, 0.6) is 0 Å². The minimum atomic E-state index is -0.0604. The first kappa shape index (κ1) is 15.2. The van der Waals surface area contributed by atoms with Crippen molar-refractivity contribution in [1.29, 1.82) is 0 Å². The molecule has 4 rings (SSSR count). The second-order valence-corrected chi connectivity index (χ2v) is 9.47. The van der Waals surface area contributed by atoms with Gasteiger partial charge in [-0.3, -0.25) is 0 Å². The van der Waals surface area contributed by atoms with Gasteiger partial charge >= 0.3 is 0 Å². The van der Waals surface area contributed by atoms with Gasteiger partial charge in [-0.2, -0.15) is 0 Å². The molecular weight excluding hydrogens is 272 g/mol. The summed E-state index contributed by atoms with van der Waals surface area (Å²) in [5.41, 5.74) is 0.668. The Kier molecular flexibility index (Phi) is 3.49. The lowest BCUT2D eigenvalue weighted by Gasteiger charge is -2.60. The molecule has 8 atom stereocenters. The van der Waals surface area contributed by atoms with Crippen LogP contribution in [0.4, 0.5) is 0 Å². The van der Waals surface area contributed by atoms with E-state index in [0.29, 0.717) is 11.3 Å². The fraction of sp³-hybridized carbons (Fsp3) is 0.950. The maximum atomic E-state index is 11.2. The Morgan fingerprint density at radius 2 is 1.64 bits per heavy atom. The number of carbonyl (C=O) groups is 1. The van der Waals surface area contributed by atoms with Crippen LogP contribution in [0.3, 0.4) is 0 Å². The molecule has 2 nitrogen and oxygen atoms in total. The van der Waals surface area contributed by atoms with Crippen LogP contribution >= 0.6 is 0 Å². The van der Waals surface area contributed by atoms with E-state index in [1.54, 1.807) is 0 Å². The van der Waals surface area contributed by atoms with Crippen LogP contribution in [0.25, 0.3) is 0 Å². The van der Waals surface area contributed by atoms with Crippen molar-refractivity contribution in [3.63, 3.8) is 0 Å². The zero-order valence-electron chi connectivity index (χ0n) is 14.3. The van der Waals surface area contributed by atoms with Crippen molar-refractivity contribution in [2.45, 2.75) is 77.7 Å². The Morgan fingerprint density at radius 1 is 0.909 bits per heavy atom. The van der Waals surface area contributed by atoms with Crippen molar-refractivity contribution in [2.75, 3.05) is 0 Å². The molecule has 0 radical (unpaired) electrons. The van der Waals surface area contributed by atoms with E-state index in [2.05, 4.69) is 13.8 Å². The van der Waals surface area contributed by atoms with Crippen molar-refractivity contribution in [2.24, 2.45) is 40.4 Å². The molecule has 22 heavy (non-hydrogen) atoms. The van der Waals surface area contributed by atoms with Crippen LogP contribution in [0.15, 0.2) is 0 Å². The highest BCUT2D eigenvalue weighted by molar-refractivity contribution is 5.53. The van der Waals surface area contributed by atoms with Gasteiger partial charge in [0.25, 0.3) is 0 Å². The normalized spacial score (nSPS) is 57.6. The molecule has 8 unspecified atom stereocenters. The Balaban J connectivity index is 1.60. The summed E-state index contributed by atoms with van der Waals surface area (Å²) in [7, 11) is 0. The average molecular weight is 304 g/mol. The topological polar surface area (TPSA) is 37.3 Å². The molecule has 2 heteroatoms. The number of aliphatic hydroxyl groups excluding tert-OH is 1. The smallest absolute Gasteiger partial charge is 0.123 e. The Morgan fingerprint density at radius 3 is 2.41 bits per heavy atom. The van der Waals surface area contributed by atoms with Crippen LogP contribution in [-0.4, -0.2) is 17.5 Å². The fourth-order valence-corrected chi connectivity index (χ4v) is 7.39. The second-order valence-electron chi connectivity index (χ2n) is 9.47. The molecule has 0 aromatic carbocycles. The number of aliphatic hydroxyl groups is 1. The summed E-state index contributed by atoms with van der Waals surface area (Å²) in [5, 5.41) is 10.5. The standard InChI is InChI=1S/C20H32O2/c1-19-9-7-13(12-21)11-14(19)3-4-15-16-5-6-18(22)20(16,2)10-8-17(15)19/h12-18,22H,3-11H2,1-2H3. The van der Waals surface area contributed by atoms with Gasteiger partial charge in [-0.05, 0) is 92.3 Å². The van der Waals surface area contributed by atoms with E-state index in [-0.39, 0.29) is 11.5 Å². The first-order chi connectivity index (χ1) is 10.5. The van der Waals surface area contributed by atoms with Crippen LogP contribution in [-0.2, 0) is 4.79 Å². The van der Waals surface area contributed by atoms with E-state index < -0.39 is 0 Å². The lowest BCUT2D eigenvalue weighted by molar-refractivity contribution is -0.133. The quantitative estimate of drug-likeness (QED) is 0.737. The number of hydrogen-bond donors (Lipinski definition) is 1. The van der Waals surface area contributed by atoms with E-state index in [0.717, 1.165) is 42.9 Å². The van der Waals surface area contributed by atoms with Gasteiger partial charge in [0.15, 0.2) is 0 Å². The molecule has 0 bridgehead atoms. The van der Waals surface area contributed by atoms with E-state index in [9.17, 15) is 9.90 Å². The Hall–Kier alpha value is -0.370. The highest BCUT2D eigenvalue weighted by Crippen LogP contribution is 2.66. The highest BCUT2D eigenvalue weighted by atomic mass is 16.3. The van der Waals surface area contributed by atoms with Crippen molar-refractivity contribution in [3.05, 3.63) is 0 Å². The largest absolute Gasteiger partial charge is 0.393 e. The minimum absolute atomic E-state index is 0.0604. The molecule has 0 amide bonds. The molecule has 0 heterocycles. The van der Waals surface area contributed by atoms with Gasteiger partial charge < -0.3 is 9.90 Å². The maximum Gasteiger partial charge on any atom is 0.123 e. The Bertz CT molecular complexity index is 461. The van der Waals surface area contributed by atoms with E-state index >= 15 is 0 Å². The van der Waals surface area contributed by atoms with Crippen molar-refractivity contribution in [1.82, 2.24) is 0 Å². The zero-order valence-corrected chi connectivity index (χ0v) is 14.3. The fourth-order valence-electron chi connectivity index (χ4n) is 7.39. The SMILES string of the molecule is CC12CCC3C(CCC4CC(C=O)CCC43C)C1CCC2O. The van der Waals surface area contributed by atoms with Gasteiger partial charge in [-0.1, -0.05) is 13.8 Å². The minimum Gasteiger partial charge on any atom is -0.393 e. The predicted octanol–water partition coefficient (Wildman–Crippen LogP) is 4.21. The monoisotopic (exact) mass is 304 g/mol. The molecular formula is C20H32O2. The summed E-state index contributed by atoms with van der Waals surface area (Å²) in [6.07, 6.45) is 12.2. The van der Waals surface area contributed by atoms with Crippen molar-refractivity contribution >= 4 is 6.29 Å². The Labute approximate surface area is 135 Å². The molecule has 124 valence electrons. The number of carbonyl (C=O) groups excluding carboxylic acids is 1. The van der Waals surface area contributed by atoms with Gasteiger partial charge in [0.05, 0.1) is 6.10 Å². The molecule has 4 saturated carbocycles. The summed E-state index contributed by atoms with van der Waals surface area (Å²) >= 11 is 0. The first-order valence-corrected chi connectivity index (χ1v) is 9.62. The van der Waals surface area contributed by atoms with Crippen LogP contribution in [0.1, 0.15) is 71.6 Å². The third-order valence-electron chi connectivity index (χ3n) is 8.85. The molecule has 0 aromatic rings. The summed E-state index contributed by atoms with van der Waals surface area (Å²) in [4.78, 5) is 11.2. The summed E-state index contributed by atoms with van der Waals surface area (Å²) < 4.78 is 0. The van der Waals surface area contributed by atoms with Crippen LogP contribution < -0.4 is 0 Å². The maximum absolute atomic E-state index is 11.2. The number of fused-ring (bicyclic) bond motifs is 5. The summed E-state index contributed by atoms with van der Waals surface area (Å²) in [6.45, 7) is 4.91.